The van der Waals surface area contributed by atoms with Gasteiger partial charge in [-0.2, -0.15) is 5.10 Å². The molecular weight excluding hydrogens is 526 g/mol. The second-order valence-electron chi connectivity index (χ2n) is 9.74. The maximum absolute atomic E-state index is 12.7. The van der Waals surface area contributed by atoms with E-state index < -0.39 is 11.9 Å². The lowest BCUT2D eigenvalue weighted by atomic mass is 10.0. The van der Waals surface area contributed by atoms with Crippen LogP contribution in [0, 0.1) is 0 Å². The van der Waals surface area contributed by atoms with Gasteiger partial charge >= 0.3 is 5.97 Å². The fourth-order valence-electron chi connectivity index (χ4n) is 4.31. The molecular formula is C32H38ClN3O4. The molecule has 0 atom stereocenters. The predicted molar refractivity (Wildman–Crippen MR) is 161 cm³/mol. The molecule has 2 amide bonds. The van der Waals surface area contributed by atoms with Crippen molar-refractivity contribution in [2.75, 3.05) is 6.54 Å². The second kappa shape index (κ2) is 17.1. The monoisotopic (exact) mass is 563 g/mol. The Morgan fingerprint density at radius 1 is 0.825 bits per heavy atom. The standard InChI is InChI=1S/C32H38ClN3O4/c1-2-3-4-5-6-7-8-9-10-15-30(37)34-23-31(38)36-35-22-28-27-14-12-11-13-24(27)18-21-29(28)40-32(39)25-16-19-26(33)20-17-25/h11-14,16-22H,2-10,15,23H2,1H3,(H,34,37)(H,36,38)/b35-22+. The molecule has 0 fully saturated rings. The van der Waals surface area contributed by atoms with E-state index >= 15 is 0 Å². The van der Waals surface area contributed by atoms with Crippen LogP contribution < -0.4 is 15.5 Å². The number of carbonyl (C=O) groups is 3. The third-order valence-corrected chi connectivity index (χ3v) is 6.80. The van der Waals surface area contributed by atoms with Gasteiger partial charge in [0.1, 0.15) is 5.75 Å². The van der Waals surface area contributed by atoms with E-state index in [1.807, 2.05) is 30.3 Å². The Morgan fingerprint density at radius 2 is 1.50 bits per heavy atom. The number of hydrogen-bond donors (Lipinski definition) is 2. The molecule has 0 saturated heterocycles. The van der Waals surface area contributed by atoms with E-state index in [9.17, 15) is 14.4 Å². The van der Waals surface area contributed by atoms with Crippen LogP contribution in [-0.2, 0) is 9.59 Å². The van der Waals surface area contributed by atoms with Gasteiger partial charge in [0.05, 0.1) is 18.3 Å². The molecule has 0 saturated carbocycles. The van der Waals surface area contributed by atoms with Gasteiger partial charge in [-0.05, 0) is 47.5 Å². The Bertz CT molecular complexity index is 1290. The number of nitrogens with one attached hydrogen (secondary N) is 2. The summed E-state index contributed by atoms with van der Waals surface area (Å²) in [6.07, 6.45) is 12.5. The summed E-state index contributed by atoms with van der Waals surface area (Å²) in [5, 5.41) is 8.94. The minimum absolute atomic E-state index is 0.146. The van der Waals surface area contributed by atoms with Crippen LogP contribution in [0.4, 0.5) is 0 Å². The highest BCUT2D eigenvalue weighted by Crippen LogP contribution is 2.27. The fraction of sp³-hybridized carbons (Fsp3) is 0.375. The fourth-order valence-corrected chi connectivity index (χ4v) is 4.44. The first-order valence-corrected chi connectivity index (χ1v) is 14.4. The van der Waals surface area contributed by atoms with E-state index in [1.54, 1.807) is 30.3 Å². The Kier molecular flexibility index (Phi) is 13.2. The zero-order chi connectivity index (χ0) is 28.6. The van der Waals surface area contributed by atoms with Gasteiger partial charge in [-0.1, -0.05) is 100 Å². The molecule has 0 bridgehead atoms. The number of esters is 1. The van der Waals surface area contributed by atoms with Gasteiger partial charge in [-0.25, -0.2) is 10.2 Å². The highest BCUT2D eigenvalue weighted by Gasteiger charge is 2.14. The Hall–Kier alpha value is -3.71. The van der Waals surface area contributed by atoms with Crippen molar-refractivity contribution >= 4 is 46.4 Å². The third kappa shape index (κ3) is 10.5. The number of halogens is 1. The molecule has 3 aromatic carbocycles. The predicted octanol–water partition coefficient (Wildman–Crippen LogP) is 7.20. The Balaban J connectivity index is 1.48. The normalized spacial score (nSPS) is 11.1. The number of amides is 2. The quantitative estimate of drug-likeness (QED) is 0.0633. The average Bonchev–Trinajstić information content (AvgIpc) is 2.96. The van der Waals surface area contributed by atoms with E-state index in [0.29, 0.717) is 28.3 Å². The van der Waals surface area contributed by atoms with E-state index in [2.05, 4.69) is 22.8 Å². The van der Waals surface area contributed by atoms with Crippen LogP contribution in [0.15, 0.2) is 65.8 Å². The number of hydrazone groups is 1. The third-order valence-electron chi connectivity index (χ3n) is 6.55. The van der Waals surface area contributed by atoms with E-state index in [4.69, 9.17) is 16.3 Å². The molecule has 8 heteroatoms. The summed E-state index contributed by atoms with van der Waals surface area (Å²) in [5.74, 6) is -0.838. The van der Waals surface area contributed by atoms with Crippen LogP contribution in [-0.4, -0.2) is 30.5 Å². The number of rotatable bonds is 16. The number of benzene rings is 3. The summed E-state index contributed by atoms with van der Waals surface area (Å²) < 4.78 is 5.66. The van der Waals surface area contributed by atoms with E-state index in [0.717, 1.165) is 30.0 Å². The number of nitrogens with zero attached hydrogens (tertiary/aromatic N) is 1. The zero-order valence-electron chi connectivity index (χ0n) is 23.1. The first kappa shape index (κ1) is 30.8. The largest absolute Gasteiger partial charge is 0.422 e. The number of unbranched alkanes of at least 4 members (excludes halogenated alkanes) is 8. The number of ether oxygens (including phenoxy) is 1. The molecule has 7 nitrogen and oxygen atoms in total. The summed E-state index contributed by atoms with van der Waals surface area (Å²) in [5.41, 5.74) is 3.33. The molecule has 3 aromatic rings. The van der Waals surface area contributed by atoms with Gasteiger partial charge in [-0.15, -0.1) is 0 Å². The van der Waals surface area contributed by atoms with Gasteiger partial charge in [0.25, 0.3) is 5.91 Å². The van der Waals surface area contributed by atoms with Crippen molar-refractivity contribution in [3.8, 4) is 5.75 Å². The number of fused-ring (bicyclic) bond motifs is 1. The molecule has 0 aromatic heterocycles. The minimum atomic E-state index is -0.541. The maximum Gasteiger partial charge on any atom is 0.343 e. The SMILES string of the molecule is CCCCCCCCCCCC(=O)NCC(=O)N/N=C/c1c(OC(=O)c2ccc(Cl)cc2)ccc2ccccc12. The smallest absolute Gasteiger partial charge is 0.343 e. The molecule has 0 aliphatic rings. The van der Waals surface area contributed by atoms with Gasteiger partial charge in [-0.3, -0.25) is 9.59 Å². The van der Waals surface area contributed by atoms with Crippen molar-refractivity contribution in [3.05, 3.63) is 76.8 Å². The van der Waals surface area contributed by atoms with Crippen molar-refractivity contribution < 1.29 is 19.1 Å². The van der Waals surface area contributed by atoms with Gasteiger partial charge in [0.15, 0.2) is 0 Å². The molecule has 40 heavy (non-hydrogen) atoms. The summed E-state index contributed by atoms with van der Waals surface area (Å²) in [4.78, 5) is 37.1. The summed E-state index contributed by atoms with van der Waals surface area (Å²) >= 11 is 5.92. The number of hydrogen-bond acceptors (Lipinski definition) is 5. The lowest BCUT2D eigenvalue weighted by Gasteiger charge is -2.11. The van der Waals surface area contributed by atoms with E-state index in [-0.39, 0.29) is 12.5 Å². The Labute approximate surface area is 241 Å². The second-order valence-corrected chi connectivity index (χ2v) is 10.2. The van der Waals surface area contributed by atoms with Crippen molar-refractivity contribution in [1.82, 2.24) is 10.7 Å². The molecule has 0 spiro atoms. The van der Waals surface area contributed by atoms with Crippen LogP contribution >= 0.6 is 11.6 Å². The lowest BCUT2D eigenvalue weighted by Crippen LogP contribution is -2.34. The summed E-state index contributed by atoms with van der Waals surface area (Å²) in [6, 6.07) is 17.5. The van der Waals surface area contributed by atoms with Gasteiger partial charge in [0.2, 0.25) is 5.91 Å². The van der Waals surface area contributed by atoms with Crippen LogP contribution in [0.2, 0.25) is 5.02 Å². The molecule has 2 N–H and O–H groups in total. The molecule has 212 valence electrons. The molecule has 0 unspecified atom stereocenters. The van der Waals surface area contributed by atoms with Gasteiger partial charge < -0.3 is 10.1 Å². The van der Waals surface area contributed by atoms with Crippen molar-refractivity contribution in [3.63, 3.8) is 0 Å². The molecule has 0 aliphatic carbocycles. The highest BCUT2D eigenvalue weighted by molar-refractivity contribution is 6.30. The minimum Gasteiger partial charge on any atom is -0.422 e. The number of carbonyl (C=O) groups excluding carboxylic acids is 3. The van der Waals surface area contributed by atoms with Crippen LogP contribution in [0.25, 0.3) is 10.8 Å². The first-order valence-electron chi connectivity index (χ1n) is 14.1. The Morgan fingerprint density at radius 3 is 2.23 bits per heavy atom. The van der Waals surface area contributed by atoms with Crippen LogP contribution in [0.1, 0.15) is 87.1 Å². The molecule has 0 radical (unpaired) electrons. The van der Waals surface area contributed by atoms with Crippen LogP contribution in [0.5, 0.6) is 5.75 Å². The highest BCUT2D eigenvalue weighted by atomic mass is 35.5. The lowest BCUT2D eigenvalue weighted by molar-refractivity contribution is -0.126. The topological polar surface area (TPSA) is 96.9 Å². The molecule has 0 heterocycles. The maximum atomic E-state index is 12.7. The van der Waals surface area contributed by atoms with Crippen molar-refractivity contribution in [2.45, 2.75) is 71.1 Å². The molecule has 3 rings (SSSR count). The molecule has 0 aliphatic heterocycles. The summed E-state index contributed by atoms with van der Waals surface area (Å²) in [7, 11) is 0. The first-order chi connectivity index (χ1) is 19.5. The summed E-state index contributed by atoms with van der Waals surface area (Å²) in [6.45, 7) is 2.05. The van der Waals surface area contributed by atoms with Crippen molar-refractivity contribution in [1.29, 1.82) is 0 Å². The van der Waals surface area contributed by atoms with Crippen molar-refractivity contribution in [2.24, 2.45) is 5.10 Å². The zero-order valence-corrected chi connectivity index (χ0v) is 23.8. The van der Waals surface area contributed by atoms with E-state index in [1.165, 1.54) is 44.7 Å². The average molecular weight is 564 g/mol. The van der Waals surface area contributed by atoms with Crippen LogP contribution in [0.3, 0.4) is 0 Å². The van der Waals surface area contributed by atoms with Gasteiger partial charge in [0, 0.05) is 17.0 Å².